The smallest absolute Gasteiger partial charge is 0.305 e. The summed E-state index contributed by atoms with van der Waals surface area (Å²) in [5.74, 6) is -0.122. The standard InChI is InChI=1S/C47H91NO5/c1-3-5-7-9-11-13-15-16-17-18-19-21-23-27-31-35-39-45(50)44(43-49)48-46(51)40-36-32-28-24-22-26-30-34-38-42-53-47(52)41-37-33-29-25-20-14-12-10-8-6-4-2/h35,39,44-45,49-50H,3-34,36-38,40-43H2,1-2H3,(H,48,51)/b39-35+. The number of aliphatic hydroxyl groups is 2. The molecule has 314 valence electrons. The molecule has 53 heavy (non-hydrogen) atoms. The van der Waals surface area contributed by atoms with E-state index in [0.29, 0.717) is 19.4 Å². The Morgan fingerprint density at radius 3 is 1.28 bits per heavy atom. The summed E-state index contributed by atoms with van der Waals surface area (Å²) in [6, 6.07) is -0.645. The molecule has 0 spiro atoms. The lowest BCUT2D eigenvalue weighted by molar-refractivity contribution is -0.143. The maximum atomic E-state index is 12.4. The summed E-state index contributed by atoms with van der Waals surface area (Å²) < 4.78 is 5.42. The van der Waals surface area contributed by atoms with E-state index >= 15 is 0 Å². The van der Waals surface area contributed by atoms with Crippen LogP contribution in [0, 0.1) is 0 Å². The summed E-state index contributed by atoms with van der Waals surface area (Å²) in [6.07, 6.45) is 47.6. The van der Waals surface area contributed by atoms with E-state index in [9.17, 15) is 19.8 Å². The molecule has 0 aromatic rings. The van der Waals surface area contributed by atoms with Crippen molar-refractivity contribution >= 4 is 11.9 Å². The Kier molecular flexibility index (Phi) is 42.2. The molecule has 6 heteroatoms. The minimum atomic E-state index is -0.859. The molecule has 0 aromatic heterocycles. The van der Waals surface area contributed by atoms with Crippen molar-refractivity contribution in [2.75, 3.05) is 13.2 Å². The molecule has 0 saturated heterocycles. The van der Waals surface area contributed by atoms with Crippen LogP contribution in [0.25, 0.3) is 0 Å². The van der Waals surface area contributed by atoms with E-state index < -0.39 is 12.1 Å². The van der Waals surface area contributed by atoms with Gasteiger partial charge in [0.2, 0.25) is 5.91 Å². The molecular formula is C47H91NO5. The Hall–Kier alpha value is -1.40. The van der Waals surface area contributed by atoms with Crippen LogP contribution < -0.4 is 5.32 Å². The average molecular weight is 750 g/mol. The van der Waals surface area contributed by atoms with Crippen molar-refractivity contribution in [2.45, 2.75) is 264 Å². The summed E-state index contributed by atoms with van der Waals surface area (Å²) in [5, 5.41) is 23.0. The van der Waals surface area contributed by atoms with Crippen molar-refractivity contribution < 1.29 is 24.5 Å². The van der Waals surface area contributed by atoms with Crippen LogP contribution in [0.3, 0.4) is 0 Å². The number of carbonyl (C=O) groups excluding carboxylic acids is 2. The number of aliphatic hydroxyl groups excluding tert-OH is 2. The minimum Gasteiger partial charge on any atom is -0.466 e. The SMILES string of the molecule is CCCCCCCCCCCCCCCC/C=C/C(O)C(CO)NC(=O)CCCCCCCCCCCOC(=O)CCCCCCCCCCCCC. The number of nitrogens with one attached hydrogen (secondary N) is 1. The fourth-order valence-corrected chi connectivity index (χ4v) is 7.16. The highest BCUT2D eigenvalue weighted by atomic mass is 16.5. The number of allylic oxidation sites excluding steroid dienone is 1. The second-order valence-electron chi connectivity index (χ2n) is 16.1. The number of carbonyl (C=O) groups is 2. The summed E-state index contributed by atoms with van der Waals surface area (Å²) in [5.41, 5.74) is 0. The summed E-state index contributed by atoms with van der Waals surface area (Å²) in [4.78, 5) is 24.4. The molecule has 0 radical (unpaired) electrons. The highest BCUT2D eigenvalue weighted by Crippen LogP contribution is 2.15. The van der Waals surface area contributed by atoms with Crippen molar-refractivity contribution in [3.8, 4) is 0 Å². The van der Waals surface area contributed by atoms with Crippen LogP contribution in [-0.4, -0.2) is 47.4 Å². The third kappa shape index (κ3) is 40.1. The van der Waals surface area contributed by atoms with E-state index in [0.717, 1.165) is 57.8 Å². The molecule has 0 fully saturated rings. The lowest BCUT2D eigenvalue weighted by Gasteiger charge is -2.20. The van der Waals surface area contributed by atoms with E-state index in [1.54, 1.807) is 6.08 Å². The van der Waals surface area contributed by atoms with Gasteiger partial charge in [-0.15, -0.1) is 0 Å². The van der Waals surface area contributed by atoms with Gasteiger partial charge in [0.1, 0.15) is 0 Å². The minimum absolute atomic E-state index is 0.0277. The second kappa shape index (κ2) is 43.3. The fraction of sp³-hybridized carbons (Fsp3) is 0.915. The number of hydrogen-bond donors (Lipinski definition) is 3. The van der Waals surface area contributed by atoms with Crippen LogP contribution in [0.1, 0.15) is 251 Å². The number of hydrogen-bond acceptors (Lipinski definition) is 5. The molecule has 3 N–H and O–H groups in total. The van der Waals surface area contributed by atoms with Crippen LogP contribution >= 0.6 is 0 Å². The monoisotopic (exact) mass is 750 g/mol. The van der Waals surface area contributed by atoms with Crippen molar-refractivity contribution in [1.29, 1.82) is 0 Å². The Balaban J connectivity index is 3.55. The third-order valence-electron chi connectivity index (χ3n) is 10.8. The third-order valence-corrected chi connectivity index (χ3v) is 10.8. The fourth-order valence-electron chi connectivity index (χ4n) is 7.16. The van der Waals surface area contributed by atoms with Crippen molar-refractivity contribution in [1.82, 2.24) is 5.32 Å². The van der Waals surface area contributed by atoms with Gasteiger partial charge in [-0.2, -0.15) is 0 Å². The van der Waals surface area contributed by atoms with Crippen LogP contribution in [0.4, 0.5) is 0 Å². The molecule has 0 aliphatic heterocycles. The molecule has 0 aliphatic rings. The molecule has 6 nitrogen and oxygen atoms in total. The predicted molar refractivity (Wildman–Crippen MR) is 227 cm³/mol. The first-order valence-electron chi connectivity index (χ1n) is 23.5. The van der Waals surface area contributed by atoms with Crippen molar-refractivity contribution in [2.24, 2.45) is 0 Å². The van der Waals surface area contributed by atoms with Gasteiger partial charge in [0.05, 0.1) is 25.4 Å². The normalized spacial score (nSPS) is 12.8. The Morgan fingerprint density at radius 2 is 0.868 bits per heavy atom. The number of amides is 1. The first-order valence-corrected chi connectivity index (χ1v) is 23.5. The topological polar surface area (TPSA) is 95.9 Å². The first-order chi connectivity index (χ1) is 26.0. The molecule has 1 amide bonds. The number of esters is 1. The van der Waals surface area contributed by atoms with Gasteiger partial charge in [0, 0.05) is 12.8 Å². The molecule has 0 rings (SSSR count). The van der Waals surface area contributed by atoms with E-state index in [-0.39, 0.29) is 18.5 Å². The van der Waals surface area contributed by atoms with Gasteiger partial charge in [-0.05, 0) is 32.1 Å². The Morgan fingerprint density at radius 1 is 0.509 bits per heavy atom. The molecule has 0 saturated carbocycles. The quantitative estimate of drug-likeness (QED) is 0.0328. The van der Waals surface area contributed by atoms with E-state index in [1.807, 2.05) is 6.08 Å². The van der Waals surface area contributed by atoms with Gasteiger partial charge in [-0.3, -0.25) is 9.59 Å². The Bertz CT molecular complexity index is 787. The lowest BCUT2D eigenvalue weighted by atomic mass is 10.0. The highest BCUT2D eigenvalue weighted by Gasteiger charge is 2.18. The van der Waals surface area contributed by atoms with Crippen molar-refractivity contribution in [3.63, 3.8) is 0 Å². The molecule has 0 aliphatic carbocycles. The summed E-state index contributed by atoms with van der Waals surface area (Å²) >= 11 is 0. The predicted octanol–water partition coefficient (Wildman–Crippen LogP) is 13.4. The second-order valence-corrected chi connectivity index (χ2v) is 16.1. The molecule has 0 heterocycles. The number of ether oxygens (including phenoxy) is 1. The average Bonchev–Trinajstić information content (AvgIpc) is 3.16. The zero-order chi connectivity index (χ0) is 38.7. The van der Waals surface area contributed by atoms with Gasteiger partial charge >= 0.3 is 5.97 Å². The van der Waals surface area contributed by atoms with Crippen LogP contribution in [0.15, 0.2) is 12.2 Å². The first kappa shape index (κ1) is 51.6. The summed E-state index contributed by atoms with van der Waals surface area (Å²) in [7, 11) is 0. The largest absolute Gasteiger partial charge is 0.466 e. The maximum absolute atomic E-state index is 12.4. The molecule has 0 aromatic carbocycles. The Labute approximate surface area is 329 Å². The van der Waals surface area contributed by atoms with E-state index in [4.69, 9.17) is 4.74 Å². The van der Waals surface area contributed by atoms with Gasteiger partial charge < -0.3 is 20.3 Å². The van der Waals surface area contributed by atoms with Gasteiger partial charge in [0.15, 0.2) is 0 Å². The number of rotatable bonds is 43. The number of unbranched alkanes of at least 4 members (excludes halogenated alkanes) is 32. The van der Waals surface area contributed by atoms with E-state index in [1.165, 1.54) is 167 Å². The van der Waals surface area contributed by atoms with Gasteiger partial charge in [0.25, 0.3) is 0 Å². The zero-order valence-electron chi connectivity index (χ0n) is 35.5. The van der Waals surface area contributed by atoms with Crippen molar-refractivity contribution in [3.05, 3.63) is 12.2 Å². The molecule has 0 bridgehead atoms. The maximum Gasteiger partial charge on any atom is 0.305 e. The zero-order valence-corrected chi connectivity index (χ0v) is 35.5. The van der Waals surface area contributed by atoms with Crippen LogP contribution in [-0.2, 0) is 14.3 Å². The van der Waals surface area contributed by atoms with Gasteiger partial charge in [-0.1, -0.05) is 219 Å². The van der Waals surface area contributed by atoms with Crippen LogP contribution in [0.2, 0.25) is 0 Å². The molecular weight excluding hydrogens is 659 g/mol. The molecule has 2 unspecified atom stereocenters. The van der Waals surface area contributed by atoms with Crippen LogP contribution in [0.5, 0.6) is 0 Å². The lowest BCUT2D eigenvalue weighted by Crippen LogP contribution is -2.45. The highest BCUT2D eigenvalue weighted by molar-refractivity contribution is 5.76. The summed E-state index contributed by atoms with van der Waals surface area (Å²) in [6.45, 7) is 4.83. The van der Waals surface area contributed by atoms with Gasteiger partial charge in [-0.25, -0.2) is 0 Å². The molecule has 2 atom stereocenters. The van der Waals surface area contributed by atoms with E-state index in [2.05, 4.69) is 19.2 Å².